The molecule has 0 saturated heterocycles. The molecular weight excluding hydrogens is 230 g/mol. The lowest BCUT2D eigenvalue weighted by molar-refractivity contribution is -0.147. The number of nitrogens with zero attached hydrogens (tertiary/aromatic N) is 1. The van der Waals surface area contributed by atoms with Crippen molar-refractivity contribution >= 4 is 17.6 Å². The summed E-state index contributed by atoms with van der Waals surface area (Å²) >= 11 is 0. The zero-order chi connectivity index (χ0) is 13.5. The van der Waals surface area contributed by atoms with E-state index in [1.165, 1.54) is 4.90 Å². The number of fused-ring (bicyclic) bond motifs is 1. The van der Waals surface area contributed by atoms with Crippen LogP contribution in [-0.4, -0.2) is 27.4 Å². The van der Waals surface area contributed by atoms with E-state index >= 15 is 0 Å². The van der Waals surface area contributed by atoms with Crippen LogP contribution in [0.4, 0.5) is 0 Å². The fraction of sp³-hybridized carbons (Fsp3) is 0.286. The molecule has 1 aromatic rings. The monoisotopic (exact) mass is 245 g/mol. The summed E-state index contributed by atoms with van der Waals surface area (Å²) in [5.74, 6) is -1.31. The fourth-order valence-electron chi connectivity index (χ4n) is 2.21. The number of rotatable bonds is 3. The third-order valence-electron chi connectivity index (χ3n) is 3.58. The first-order valence-electron chi connectivity index (χ1n) is 5.79. The van der Waals surface area contributed by atoms with E-state index < -0.39 is 11.5 Å². The first-order chi connectivity index (χ1) is 8.43. The Hall–Kier alpha value is -2.10. The second kappa shape index (κ2) is 3.98. The fourth-order valence-corrected chi connectivity index (χ4v) is 2.21. The molecule has 1 N–H and O–H groups in total. The zero-order valence-corrected chi connectivity index (χ0v) is 10.4. The number of carbonyl (C=O) groups excluding carboxylic acids is 1. The molecule has 1 heterocycles. The predicted molar refractivity (Wildman–Crippen MR) is 68.0 cm³/mol. The van der Waals surface area contributed by atoms with E-state index in [1.54, 1.807) is 32.0 Å². The maximum Gasteiger partial charge on any atom is 0.329 e. The van der Waals surface area contributed by atoms with Crippen LogP contribution in [0.1, 0.15) is 36.2 Å². The van der Waals surface area contributed by atoms with Crippen molar-refractivity contribution in [2.75, 3.05) is 0 Å². The van der Waals surface area contributed by atoms with Crippen LogP contribution in [0.5, 0.6) is 0 Å². The molecule has 0 aromatic heterocycles. The Morgan fingerprint density at radius 1 is 1.39 bits per heavy atom. The Labute approximate surface area is 106 Å². The van der Waals surface area contributed by atoms with Gasteiger partial charge < -0.3 is 5.11 Å². The summed E-state index contributed by atoms with van der Waals surface area (Å²) in [7, 11) is 0. The van der Waals surface area contributed by atoms with Crippen LogP contribution in [0.3, 0.4) is 0 Å². The molecule has 1 atom stereocenters. The summed E-state index contributed by atoms with van der Waals surface area (Å²) in [6.07, 6.45) is 0.321. The van der Waals surface area contributed by atoms with E-state index in [0.29, 0.717) is 23.2 Å². The highest BCUT2D eigenvalue weighted by atomic mass is 16.4. The molecule has 0 radical (unpaired) electrons. The second-order valence-corrected chi connectivity index (χ2v) is 4.57. The molecule has 0 fully saturated rings. The average Bonchev–Trinajstić information content (AvgIpc) is 2.62. The maximum absolute atomic E-state index is 12.3. The van der Waals surface area contributed by atoms with Crippen LogP contribution in [0, 0.1) is 0 Å². The molecule has 0 saturated carbocycles. The van der Waals surface area contributed by atoms with Crippen LogP contribution in [0.25, 0.3) is 5.70 Å². The molecule has 1 unspecified atom stereocenters. The number of benzene rings is 1. The van der Waals surface area contributed by atoms with Crippen molar-refractivity contribution < 1.29 is 14.7 Å². The van der Waals surface area contributed by atoms with Gasteiger partial charge in [-0.1, -0.05) is 31.7 Å². The molecular formula is C14H15NO3. The van der Waals surface area contributed by atoms with Crippen LogP contribution < -0.4 is 0 Å². The summed E-state index contributed by atoms with van der Waals surface area (Å²) in [5.41, 5.74) is 0.432. The number of hydrogen-bond donors (Lipinski definition) is 1. The minimum absolute atomic E-state index is 0.289. The number of carboxylic acids is 1. The van der Waals surface area contributed by atoms with Crippen molar-refractivity contribution in [2.45, 2.75) is 25.8 Å². The third-order valence-corrected chi connectivity index (χ3v) is 3.58. The Balaban J connectivity index is 2.55. The predicted octanol–water partition coefficient (Wildman–Crippen LogP) is 2.37. The Bertz CT molecular complexity index is 515. The normalized spacial score (nSPS) is 17.6. The molecule has 0 spiro atoms. The first kappa shape index (κ1) is 12.4. The molecule has 1 aliphatic heterocycles. The lowest BCUT2D eigenvalue weighted by Crippen LogP contribution is -2.51. The smallest absolute Gasteiger partial charge is 0.329 e. The minimum atomic E-state index is -1.26. The highest BCUT2D eigenvalue weighted by Gasteiger charge is 2.46. The van der Waals surface area contributed by atoms with Gasteiger partial charge in [0.1, 0.15) is 5.54 Å². The topological polar surface area (TPSA) is 57.6 Å². The summed E-state index contributed by atoms with van der Waals surface area (Å²) in [4.78, 5) is 25.1. The van der Waals surface area contributed by atoms with Gasteiger partial charge in [-0.2, -0.15) is 0 Å². The van der Waals surface area contributed by atoms with Gasteiger partial charge >= 0.3 is 5.97 Å². The molecule has 4 nitrogen and oxygen atoms in total. The molecule has 94 valence electrons. The zero-order valence-electron chi connectivity index (χ0n) is 10.4. The summed E-state index contributed by atoms with van der Waals surface area (Å²) in [6, 6.07) is 7.05. The van der Waals surface area contributed by atoms with Crippen LogP contribution in [0.15, 0.2) is 30.8 Å². The quantitative estimate of drug-likeness (QED) is 0.889. The number of aliphatic carboxylic acids is 1. The average molecular weight is 245 g/mol. The van der Waals surface area contributed by atoms with Crippen molar-refractivity contribution in [2.24, 2.45) is 0 Å². The summed E-state index contributed by atoms with van der Waals surface area (Å²) < 4.78 is 0. The molecule has 4 heteroatoms. The van der Waals surface area contributed by atoms with Crippen LogP contribution >= 0.6 is 0 Å². The van der Waals surface area contributed by atoms with Gasteiger partial charge in [-0.3, -0.25) is 9.69 Å². The molecule has 1 amide bonds. The van der Waals surface area contributed by atoms with Gasteiger partial charge in [0.2, 0.25) is 0 Å². The Morgan fingerprint density at radius 3 is 2.39 bits per heavy atom. The van der Waals surface area contributed by atoms with Crippen LogP contribution in [-0.2, 0) is 4.79 Å². The van der Waals surface area contributed by atoms with Crippen molar-refractivity contribution in [3.63, 3.8) is 0 Å². The molecule has 1 aliphatic rings. The van der Waals surface area contributed by atoms with Gasteiger partial charge in [-0.25, -0.2) is 4.79 Å². The number of carboxylic acid groups (broad SMARTS) is 1. The van der Waals surface area contributed by atoms with Gasteiger partial charge in [-0.15, -0.1) is 0 Å². The van der Waals surface area contributed by atoms with E-state index in [4.69, 9.17) is 0 Å². The van der Waals surface area contributed by atoms with Crippen molar-refractivity contribution in [3.05, 3.63) is 42.0 Å². The molecule has 0 bridgehead atoms. The van der Waals surface area contributed by atoms with Crippen molar-refractivity contribution in [3.8, 4) is 0 Å². The lowest BCUT2D eigenvalue weighted by atomic mass is 9.96. The number of amides is 1. The number of carbonyl (C=O) groups is 2. The van der Waals surface area contributed by atoms with E-state index in [9.17, 15) is 14.7 Å². The standard InChI is InChI=1S/C14H15NO3/c1-4-14(3,13(17)18)15-9(2)10-7-5-6-8-11(10)12(15)16/h5-8H,2,4H2,1,3H3,(H,17,18). The van der Waals surface area contributed by atoms with Crippen molar-refractivity contribution in [1.29, 1.82) is 0 Å². The van der Waals surface area contributed by atoms with Gasteiger partial charge in [0.25, 0.3) is 5.91 Å². The Morgan fingerprint density at radius 2 is 1.94 bits per heavy atom. The van der Waals surface area contributed by atoms with E-state index in [2.05, 4.69) is 6.58 Å². The summed E-state index contributed by atoms with van der Waals surface area (Å²) in [5, 5.41) is 9.37. The van der Waals surface area contributed by atoms with E-state index in [-0.39, 0.29) is 5.91 Å². The highest BCUT2D eigenvalue weighted by Crippen LogP contribution is 2.38. The second-order valence-electron chi connectivity index (χ2n) is 4.57. The summed E-state index contributed by atoms with van der Waals surface area (Å²) in [6.45, 7) is 7.16. The minimum Gasteiger partial charge on any atom is -0.479 e. The Kier molecular flexibility index (Phi) is 2.73. The van der Waals surface area contributed by atoms with Crippen LogP contribution in [0.2, 0.25) is 0 Å². The van der Waals surface area contributed by atoms with Gasteiger partial charge in [0.15, 0.2) is 0 Å². The van der Waals surface area contributed by atoms with Crippen molar-refractivity contribution in [1.82, 2.24) is 4.90 Å². The molecule has 1 aromatic carbocycles. The lowest BCUT2D eigenvalue weighted by Gasteiger charge is -2.34. The van der Waals surface area contributed by atoms with Gasteiger partial charge in [0, 0.05) is 16.8 Å². The molecule has 18 heavy (non-hydrogen) atoms. The first-order valence-corrected chi connectivity index (χ1v) is 5.79. The molecule has 2 rings (SSSR count). The van der Waals surface area contributed by atoms with E-state index in [0.717, 1.165) is 0 Å². The van der Waals surface area contributed by atoms with Gasteiger partial charge in [-0.05, 0) is 19.4 Å². The SMILES string of the molecule is C=C1c2ccccc2C(=O)N1C(C)(CC)C(=O)O. The number of hydrogen-bond acceptors (Lipinski definition) is 2. The van der Waals surface area contributed by atoms with Gasteiger partial charge in [0.05, 0.1) is 0 Å². The highest BCUT2D eigenvalue weighted by molar-refractivity contribution is 6.11. The third kappa shape index (κ3) is 1.45. The molecule has 0 aliphatic carbocycles. The largest absolute Gasteiger partial charge is 0.479 e. The van der Waals surface area contributed by atoms with E-state index in [1.807, 2.05) is 6.07 Å². The maximum atomic E-state index is 12.3.